The molecule has 1 saturated heterocycles. The summed E-state index contributed by atoms with van der Waals surface area (Å²) in [5, 5.41) is 11.4. The first kappa shape index (κ1) is 18.1. The number of amides is 2. The molecule has 1 aliphatic rings. The van der Waals surface area contributed by atoms with E-state index in [1.54, 1.807) is 0 Å². The first-order chi connectivity index (χ1) is 10.7. The van der Waals surface area contributed by atoms with E-state index in [4.69, 9.17) is 11.6 Å². The van der Waals surface area contributed by atoms with Gasteiger partial charge in [0, 0.05) is 24.7 Å². The molecule has 2 rings (SSSR count). The van der Waals surface area contributed by atoms with Crippen LogP contribution in [0.5, 0.6) is 0 Å². The van der Waals surface area contributed by atoms with Crippen molar-refractivity contribution in [3.63, 3.8) is 0 Å². The third-order valence-electron chi connectivity index (χ3n) is 4.09. The van der Waals surface area contributed by atoms with Crippen LogP contribution in [0.3, 0.4) is 0 Å². The van der Waals surface area contributed by atoms with Gasteiger partial charge in [-0.2, -0.15) is 0 Å². The van der Waals surface area contributed by atoms with Crippen LogP contribution in [0.15, 0.2) is 11.4 Å². The lowest BCUT2D eigenvalue weighted by atomic mass is 9.96. The molecule has 5 nitrogen and oxygen atoms in total. The molecule has 23 heavy (non-hydrogen) atoms. The van der Waals surface area contributed by atoms with Crippen molar-refractivity contribution in [2.75, 3.05) is 13.1 Å². The van der Waals surface area contributed by atoms with Gasteiger partial charge < -0.3 is 14.9 Å². The molecule has 1 aromatic heterocycles. The minimum absolute atomic E-state index is 0.0351. The first-order valence-corrected chi connectivity index (χ1v) is 8.97. The van der Waals surface area contributed by atoms with Gasteiger partial charge in [0.15, 0.2) is 0 Å². The summed E-state index contributed by atoms with van der Waals surface area (Å²) in [5.74, 6) is 0.0792. The van der Waals surface area contributed by atoms with E-state index in [1.807, 2.05) is 37.1 Å². The maximum Gasteiger partial charge on any atom is 0.407 e. The van der Waals surface area contributed by atoms with Crippen molar-refractivity contribution >= 4 is 34.9 Å². The lowest BCUT2D eigenvalue weighted by Crippen LogP contribution is -2.55. The highest BCUT2D eigenvalue weighted by Crippen LogP contribution is 2.26. The zero-order chi connectivity index (χ0) is 17.2. The van der Waals surface area contributed by atoms with Crippen LogP contribution in [-0.2, 0) is 11.2 Å². The second-order valence-corrected chi connectivity index (χ2v) is 8.41. The number of likely N-dealkylation sites (tertiary alicyclic amines) is 1. The molecule has 1 aromatic rings. The van der Waals surface area contributed by atoms with Crippen molar-refractivity contribution in [1.82, 2.24) is 9.80 Å². The molecule has 2 amide bonds. The Balaban J connectivity index is 1.92. The number of carboxylic acid groups (broad SMARTS) is 1. The first-order valence-electron chi connectivity index (χ1n) is 7.71. The third kappa shape index (κ3) is 4.61. The fourth-order valence-corrected chi connectivity index (χ4v) is 4.00. The van der Waals surface area contributed by atoms with Gasteiger partial charge in [-0.15, -0.1) is 11.3 Å². The number of hydrogen-bond acceptors (Lipinski definition) is 3. The van der Waals surface area contributed by atoms with E-state index in [0.717, 1.165) is 5.56 Å². The SMILES string of the molecule is CC(C)(C)N(C(=O)O)C1CCN(C(=O)Cc2csc(Cl)c2)CC1. The smallest absolute Gasteiger partial charge is 0.407 e. The number of piperidine rings is 1. The fourth-order valence-electron chi connectivity index (χ4n) is 3.09. The highest BCUT2D eigenvalue weighted by molar-refractivity contribution is 7.14. The van der Waals surface area contributed by atoms with Crippen molar-refractivity contribution in [3.8, 4) is 0 Å². The zero-order valence-corrected chi connectivity index (χ0v) is 15.3. The Kier molecular flexibility index (Phi) is 5.57. The van der Waals surface area contributed by atoms with Crippen molar-refractivity contribution < 1.29 is 14.7 Å². The van der Waals surface area contributed by atoms with Crippen molar-refractivity contribution in [3.05, 3.63) is 21.3 Å². The van der Waals surface area contributed by atoms with Crippen LogP contribution in [0.25, 0.3) is 0 Å². The van der Waals surface area contributed by atoms with Crippen LogP contribution in [0.2, 0.25) is 4.34 Å². The van der Waals surface area contributed by atoms with Crippen LogP contribution in [-0.4, -0.2) is 51.6 Å². The molecule has 2 heterocycles. The minimum Gasteiger partial charge on any atom is -0.465 e. The summed E-state index contributed by atoms with van der Waals surface area (Å²) in [6.45, 7) is 6.90. The van der Waals surface area contributed by atoms with Crippen molar-refractivity contribution in [2.24, 2.45) is 0 Å². The van der Waals surface area contributed by atoms with E-state index < -0.39 is 11.6 Å². The average molecular weight is 359 g/mol. The van der Waals surface area contributed by atoms with Gasteiger partial charge in [0.05, 0.1) is 10.8 Å². The van der Waals surface area contributed by atoms with E-state index in [9.17, 15) is 14.7 Å². The normalized spacial score (nSPS) is 16.4. The molecule has 0 bridgehead atoms. The quantitative estimate of drug-likeness (QED) is 0.895. The van der Waals surface area contributed by atoms with E-state index in [-0.39, 0.29) is 11.9 Å². The van der Waals surface area contributed by atoms with Gasteiger partial charge >= 0.3 is 6.09 Å². The molecule has 128 valence electrons. The molecule has 0 saturated carbocycles. The van der Waals surface area contributed by atoms with Gasteiger partial charge in [-0.3, -0.25) is 4.79 Å². The Bertz CT molecular complexity index is 574. The Morgan fingerprint density at radius 1 is 1.39 bits per heavy atom. The lowest BCUT2D eigenvalue weighted by molar-refractivity contribution is -0.132. The standard InChI is InChI=1S/C16H23ClN2O3S/c1-16(2,3)19(15(21)22)12-4-6-18(7-5-12)14(20)9-11-8-13(17)23-10-11/h8,10,12H,4-7,9H2,1-3H3,(H,21,22). The van der Waals surface area contributed by atoms with E-state index in [1.165, 1.54) is 16.2 Å². The summed E-state index contributed by atoms with van der Waals surface area (Å²) in [4.78, 5) is 27.2. The Morgan fingerprint density at radius 2 is 2.00 bits per heavy atom. The lowest BCUT2D eigenvalue weighted by Gasteiger charge is -2.43. The van der Waals surface area contributed by atoms with Gasteiger partial charge in [-0.1, -0.05) is 11.6 Å². The number of halogens is 1. The summed E-state index contributed by atoms with van der Waals surface area (Å²) in [6, 6.07) is 1.79. The zero-order valence-electron chi connectivity index (χ0n) is 13.7. The van der Waals surface area contributed by atoms with Gasteiger partial charge in [0.1, 0.15) is 0 Å². The second-order valence-electron chi connectivity index (χ2n) is 6.87. The predicted octanol–water partition coefficient (Wildman–Crippen LogP) is 3.71. The van der Waals surface area contributed by atoms with Gasteiger partial charge in [-0.25, -0.2) is 4.79 Å². The number of nitrogens with zero attached hydrogens (tertiary/aromatic N) is 2. The maximum absolute atomic E-state index is 12.3. The molecule has 1 fully saturated rings. The number of carbonyl (C=O) groups excluding carboxylic acids is 1. The van der Waals surface area contributed by atoms with Gasteiger partial charge in [0.2, 0.25) is 5.91 Å². The third-order valence-corrected chi connectivity index (χ3v) is 5.23. The largest absolute Gasteiger partial charge is 0.465 e. The fraction of sp³-hybridized carbons (Fsp3) is 0.625. The molecule has 0 spiro atoms. The number of hydrogen-bond donors (Lipinski definition) is 1. The molecular weight excluding hydrogens is 336 g/mol. The summed E-state index contributed by atoms with van der Waals surface area (Å²) < 4.78 is 0.689. The number of rotatable bonds is 3. The molecule has 0 unspecified atom stereocenters. The molecule has 7 heteroatoms. The Labute approximate surface area is 145 Å². The monoisotopic (exact) mass is 358 g/mol. The van der Waals surface area contributed by atoms with Crippen LogP contribution < -0.4 is 0 Å². The summed E-state index contributed by atoms with van der Waals surface area (Å²) >= 11 is 7.31. The average Bonchev–Trinajstić information content (AvgIpc) is 2.82. The van der Waals surface area contributed by atoms with Gasteiger partial charge in [0.25, 0.3) is 0 Å². The Morgan fingerprint density at radius 3 is 2.43 bits per heavy atom. The summed E-state index contributed by atoms with van der Waals surface area (Å²) in [5.41, 5.74) is 0.504. The summed E-state index contributed by atoms with van der Waals surface area (Å²) in [6.07, 6.45) is 0.824. The van der Waals surface area contributed by atoms with Crippen molar-refractivity contribution in [1.29, 1.82) is 0 Å². The molecule has 0 aromatic carbocycles. The van der Waals surface area contributed by atoms with Crippen LogP contribution in [0.4, 0.5) is 4.79 Å². The van der Waals surface area contributed by atoms with E-state index >= 15 is 0 Å². The number of thiophene rings is 1. The topological polar surface area (TPSA) is 60.9 Å². The van der Waals surface area contributed by atoms with Crippen LogP contribution in [0.1, 0.15) is 39.2 Å². The summed E-state index contributed by atoms with van der Waals surface area (Å²) in [7, 11) is 0. The number of carbonyl (C=O) groups is 2. The van der Waals surface area contributed by atoms with Crippen LogP contribution in [0, 0.1) is 0 Å². The molecule has 0 atom stereocenters. The van der Waals surface area contributed by atoms with E-state index in [2.05, 4.69) is 0 Å². The Hall–Kier alpha value is -1.27. The highest BCUT2D eigenvalue weighted by atomic mass is 35.5. The molecular formula is C16H23ClN2O3S. The highest BCUT2D eigenvalue weighted by Gasteiger charge is 2.35. The molecule has 1 N–H and O–H groups in total. The van der Waals surface area contributed by atoms with Crippen LogP contribution >= 0.6 is 22.9 Å². The minimum atomic E-state index is -0.893. The van der Waals surface area contributed by atoms with Crippen molar-refractivity contribution in [2.45, 2.75) is 51.6 Å². The van der Waals surface area contributed by atoms with E-state index in [0.29, 0.717) is 36.7 Å². The maximum atomic E-state index is 12.3. The second kappa shape index (κ2) is 7.09. The molecule has 0 radical (unpaired) electrons. The van der Waals surface area contributed by atoms with Gasteiger partial charge in [-0.05, 0) is 50.6 Å². The molecule has 1 aliphatic heterocycles. The molecule has 0 aliphatic carbocycles. The predicted molar refractivity (Wildman–Crippen MR) is 92.3 cm³/mol.